The minimum absolute atomic E-state index is 0. The summed E-state index contributed by atoms with van der Waals surface area (Å²) in [4.78, 5) is 2.09. The van der Waals surface area contributed by atoms with Crippen molar-refractivity contribution in [1.29, 1.82) is 0 Å². The Balaban J connectivity index is 0.00000180. The molecule has 108 valence electrons. The van der Waals surface area contributed by atoms with E-state index >= 15 is 0 Å². The first-order valence-corrected chi connectivity index (χ1v) is 6.77. The molecule has 1 aliphatic rings. The molecule has 0 amide bonds. The molecular formula is C9H16N4O5S. The van der Waals surface area contributed by atoms with Gasteiger partial charge in [-0.2, -0.15) is 8.42 Å². The number of nitrogens with zero attached hydrogens (tertiary/aromatic N) is 2. The third-order valence-corrected chi connectivity index (χ3v) is 3.04. The maximum absolute atomic E-state index is 10.6. The molecule has 0 radical (unpaired) electrons. The summed E-state index contributed by atoms with van der Waals surface area (Å²) in [6.45, 7) is 1.81. The molecule has 1 fully saturated rings. The van der Waals surface area contributed by atoms with E-state index < -0.39 is 10.4 Å². The molecule has 6 N–H and O–H groups in total. The molecule has 1 aromatic heterocycles. The van der Waals surface area contributed by atoms with Crippen LogP contribution in [0.1, 0.15) is 12.8 Å². The number of pyridine rings is 1. The van der Waals surface area contributed by atoms with Crippen LogP contribution in [0.3, 0.4) is 0 Å². The molecule has 1 aliphatic heterocycles. The van der Waals surface area contributed by atoms with Crippen LogP contribution >= 0.6 is 0 Å². The predicted octanol–water partition coefficient (Wildman–Crippen LogP) is -1.21. The highest BCUT2D eigenvalue weighted by Crippen LogP contribution is 2.22. The Hall–Kier alpha value is -1.78. The lowest BCUT2D eigenvalue weighted by atomic mass is 10.3. The first kappa shape index (κ1) is 15.3. The molecule has 10 heteroatoms. The summed E-state index contributed by atoms with van der Waals surface area (Å²) in [6, 6.07) is 3.10. The second-order valence-electron chi connectivity index (χ2n) is 4.05. The third-order valence-electron chi connectivity index (χ3n) is 2.70. The predicted molar refractivity (Wildman–Crippen MR) is 67.0 cm³/mol. The first-order valence-electron chi connectivity index (χ1n) is 5.40. The molecule has 0 spiro atoms. The number of nitrogens with two attached hydrogens (primary N) is 2. The Kier molecular flexibility index (Phi) is 4.39. The van der Waals surface area contributed by atoms with Gasteiger partial charge in [-0.05, 0) is 17.6 Å². The highest BCUT2D eigenvalue weighted by molar-refractivity contribution is 7.80. The highest BCUT2D eigenvalue weighted by Gasteiger charge is 2.21. The summed E-state index contributed by atoms with van der Waals surface area (Å²) in [5.41, 5.74) is 12.1. The molecule has 0 aliphatic carbocycles. The maximum atomic E-state index is 10.6. The number of hydrogen-bond acceptors (Lipinski definition) is 7. The Morgan fingerprint density at radius 3 is 2.11 bits per heavy atom. The second-order valence-corrected chi connectivity index (χ2v) is 5.06. The topological polar surface area (TPSA) is 153 Å². The molecule has 0 aromatic carbocycles. The third kappa shape index (κ3) is 3.59. The Bertz CT molecular complexity index is 533. The Labute approximate surface area is 110 Å². The van der Waals surface area contributed by atoms with Crippen LogP contribution in [-0.2, 0) is 10.4 Å². The monoisotopic (exact) mass is 292 g/mol. The quantitative estimate of drug-likeness (QED) is 0.463. The molecule has 0 saturated carbocycles. The van der Waals surface area contributed by atoms with E-state index in [1.54, 1.807) is 12.1 Å². The van der Waals surface area contributed by atoms with Gasteiger partial charge in [0.2, 0.25) is 0 Å². The van der Waals surface area contributed by atoms with Crippen LogP contribution in [0.25, 0.3) is 0 Å². The van der Waals surface area contributed by atoms with Crippen LogP contribution in [-0.4, -0.2) is 31.5 Å². The number of aromatic nitrogens is 1. The van der Waals surface area contributed by atoms with E-state index in [2.05, 4.69) is 9.18 Å². The van der Waals surface area contributed by atoms with Gasteiger partial charge in [0.1, 0.15) is 0 Å². The fourth-order valence-electron chi connectivity index (χ4n) is 1.95. The molecule has 2 heterocycles. The largest absolute Gasteiger partial charge is 0.870 e. The number of rotatable bonds is 3. The summed E-state index contributed by atoms with van der Waals surface area (Å²) in [5.74, 6) is -0.0101. The van der Waals surface area contributed by atoms with Gasteiger partial charge < -0.3 is 21.8 Å². The normalized spacial score (nSPS) is 15.1. The first-order chi connectivity index (χ1) is 8.37. The van der Waals surface area contributed by atoms with Crippen LogP contribution in [0.2, 0.25) is 0 Å². The number of nitrogen functional groups attached to an aromatic ring is 2. The van der Waals surface area contributed by atoms with E-state index in [1.807, 2.05) is 0 Å². The minimum Gasteiger partial charge on any atom is -0.870 e. The summed E-state index contributed by atoms with van der Waals surface area (Å²) in [6.07, 6.45) is 2.19. The van der Waals surface area contributed by atoms with Gasteiger partial charge in [0.05, 0.1) is 5.69 Å². The van der Waals surface area contributed by atoms with Crippen LogP contribution in [0, 0.1) is 0 Å². The minimum atomic E-state index is -4.66. The molecule has 2 rings (SSSR count). The molecule has 0 unspecified atom stereocenters. The Morgan fingerprint density at radius 2 is 1.68 bits per heavy atom. The van der Waals surface area contributed by atoms with Crippen LogP contribution in [0.4, 0.5) is 17.3 Å². The van der Waals surface area contributed by atoms with Crippen molar-refractivity contribution in [2.24, 2.45) is 0 Å². The molecule has 0 atom stereocenters. The lowest BCUT2D eigenvalue weighted by Gasteiger charge is -2.18. The van der Waals surface area contributed by atoms with Crippen molar-refractivity contribution < 1.29 is 27.5 Å². The number of hydrogen-bond donors (Lipinski definition) is 3. The van der Waals surface area contributed by atoms with Crippen molar-refractivity contribution in [2.75, 3.05) is 29.5 Å². The maximum Gasteiger partial charge on any atom is 0.476 e. The van der Waals surface area contributed by atoms with Gasteiger partial charge in [-0.3, -0.25) is 4.55 Å². The van der Waals surface area contributed by atoms with Gasteiger partial charge in [0.15, 0.2) is 0 Å². The van der Waals surface area contributed by atoms with Gasteiger partial charge in [0.25, 0.3) is 11.6 Å². The lowest BCUT2D eigenvalue weighted by molar-refractivity contribution is -0.833. The Morgan fingerprint density at radius 1 is 1.21 bits per heavy atom. The van der Waals surface area contributed by atoms with Gasteiger partial charge in [-0.25, -0.2) is 4.28 Å². The van der Waals surface area contributed by atoms with Crippen LogP contribution in [0.15, 0.2) is 12.1 Å². The van der Waals surface area contributed by atoms with Gasteiger partial charge in [-0.1, -0.05) is 0 Å². The van der Waals surface area contributed by atoms with Gasteiger partial charge in [-0.15, -0.1) is 0 Å². The fraction of sp³-hybridized carbons (Fsp3) is 0.444. The standard InChI is InChI=1S/C9H14N4O4S.H2O/c10-8-5-7(12-3-1-2-4-12)6-9(11)13(8)17-18(14,15)16;/h5-6H,1-4H2,(H4,10,11,14,15,16);1H2. The van der Waals surface area contributed by atoms with Crippen LogP contribution < -0.4 is 25.4 Å². The van der Waals surface area contributed by atoms with Gasteiger partial charge in [0, 0.05) is 25.2 Å². The van der Waals surface area contributed by atoms with E-state index in [0.29, 0.717) is 4.73 Å². The smallest absolute Gasteiger partial charge is 0.476 e. The van der Waals surface area contributed by atoms with Crippen molar-refractivity contribution >= 4 is 27.7 Å². The zero-order valence-corrected chi connectivity index (χ0v) is 10.9. The molecular weight excluding hydrogens is 276 g/mol. The van der Waals surface area contributed by atoms with E-state index in [1.165, 1.54) is 0 Å². The fourth-order valence-corrected chi connectivity index (χ4v) is 2.31. The van der Waals surface area contributed by atoms with Crippen molar-refractivity contribution in [3.05, 3.63) is 12.1 Å². The van der Waals surface area contributed by atoms with E-state index in [9.17, 15) is 8.42 Å². The van der Waals surface area contributed by atoms with E-state index in [0.717, 1.165) is 31.6 Å². The molecule has 1 saturated heterocycles. The zero-order chi connectivity index (χ0) is 13.3. The van der Waals surface area contributed by atoms with Crippen molar-refractivity contribution in [3.63, 3.8) is 0 Å². The zero-order valence-electron chi connectivity index (χ0n) is 10.1. The van der Waals surface area contributed by atoms with Crippen molar-refractivity contribution in [3.8, 4) is 0 Å². The average molecular weight is 292 g/mol. The molecule has 1 aromatic rings. The molecule has 9 nitrogen and oxygen atoms in total. The summed E-state index contributed by atoms with van der Waals surface area (Å²) < 4.78 is 34.8. The van der Waals surface area contributed by atoms with E-state index in [-0.39, 0.29) is 17.1 Å². The van der Waals surface area contributed by atoms with Gasteiger partial charge >= 0.3 is 10.4 Å². The van der Waals surface area contributed by atoms with Crippen molar-refractivity contribution in [2.45, 2.75) is 12.8 Å². The molecule has 0 bridgehead atoms. The van der Waals surface area contributed by atoms with Crippen LogP contribution in [0.5, 0.6) is 0 Å². The SMILES string of the molecule is Nc1cc(N2CCCC2)cc(N)[n+]1OS(=O)(=O)O.[OH-]. The summed E-state index contributed by atoms with van der Waals surface area (Å²) in [5, 5.41) is 0. The highest BCUT2D eigenvalue weighted by atomic mass is 32.3. The van der Waals surface area contributed by atoms with E-state index in [4.69, 9.17) is 16.0 Å². The second kappa shape index (κ2) is 5.47. The van der Waals surface area contributed by atoms with Crippen molar-refractivity contribution in [1.82, 2.24) is 0 Å². The average Bonchev–Trinajstić information content (AvgIpc) is 2.75. The molecule has 19 heavy (non-hydrogen) atoms. The summed E-state index contributed by atoms with van der Waals surface area (Å²) >= 11 is 0. The number of anilines is 3. The lowest BCUT2D eigenvalue weighted by Crippen LogP contribution is -2.50. The summed E-state index contributed by atoms with van der Waals surface area (Å²) in [7, 11) is -4.66.